The van der Waals surface area contributed by atoms with Gasteiger partial charge in [-0.3, -0.25) is 0 Å². The zero-order valence-electron chi connectivity index (χ0n) is 19.9. The predicted molar refractivity (Wildman–Crippen MR) is 135 cm³/mol. The molecule has 0 rings (SSSR count). The molecule has 1 atom stereocenters. The first-order chi connectivity index (χ1) is 13.8. The second-order valence-electron chi connectivity index (χ2n) is 9.28. The van der Waals surface area contributed by atoms with Crippen LogP contribution in [-0.2, 0) is 0 Å². The number of halogens is 1. The molecule has 0 N–H and O–H groups in total. The maximum Gasteiger partial charge on any atom is 0.00314 e. The summed E-state index contributed by atoms with van der Waals surface area (Å²) in [5.41, 5.74) is 0. The van der Waals surface area contributed by atoms with E-state index in [0.29, 0.717) is 0 Å². The fraction of sp³-hybridized carbons (Fsp3) is 1.00. The van der Waals surface area contributed by atoms with E-state index in [0.717, 1.165) is 5.92 Å². The molecule has 170 valence electrons. The van der Waals surface area contributed by atoms with Crippen molar-refractivity contribution in [2.45, 2.75) is 162 Å². The molecule has 0 nitrogen and oxygen atoms in total. The lowest BCUT2D eigenvalue weighted by atomic mass is 9.91. The van der Waals surface area contributed by atoms with Crippen LogP contribution in [0.25, 0.3) is 0 Å². The van der Waals surface area contributed by atoms with Crippen molar-refractivity contribution >= 4 is 15.9 Å². The van der Waals surface area contributed by atoms with E-state index in [2.05, 4.69) is 29.8 Å². The highest BCUT2D eigenvalue weighted by Crippen LogP contribution is 2.23. The fourth-order valence-electron chi connectivity index (χ4n) is 4.46. The zero-order chi connectivity index (χ0) is 20.5. The minimum Gasteiger partial charge on any atom is -0.0928 e. The minimum atomic E-state index is 1.01. The van der Waals surface area contributed by atoms with Crippen molar-refractivity contribution in [2.24, 2.45) is 5.92 Å². The summed E-state index contributed by atoms with van der Waals surface area (Å²) in [7, 11) is 0. The first-order valence-corrected chi connectivity index (χ1v) is 14.5. The topological polar surface area (TPSA) is 0 Å². The van der Waals surface area contributed by atoms with Gasteiger partial charge in [0.25, 0.3) is 0 Å². The van der Waals surface area contributed by atoms with Gasteiger partial charge in [-0.2, -0.15) is 0 Å². The Morgan fingerprint density at radius 2 is 0.679 bits per heavy atom. The highest BCUT2D eigenvalue weighted by atomic mass is 79.9. The Balaban J connectivity index is 3.30. The van der Waals surface area contributed by atoms with E-state index in [4.69, 9.17) is 0 Å². The van der Waals surface area contributed by atoms with Crippen molar-refractivity contribution in [3.63, 3.8) is 0 Å². The normalized spacial score (nSPS) is 12.5. The molecule has 0 heterocycles. The maximum atomic E-state index is 3.61. The molecular weight excluding hydrogens is 404 g/mol. The second kappa shape index (κ2) is 25.5. The molecule has 0 spiro atoms. The van der Waals surface area contributed by atoms with Gasteiger partial charge in [0, 0.05) is 5.33 Å². The standard InChI is InChI=1S/C27H55Br/c1-3-5-7-8-9-10-11-12-13-14-15-16-17-18-19-21-24-27(25-22-26-28)23-20-6-4-2/h27H,3-26H2,1-2H3. The zero-order valence-corrected chi connectivity index (χ0v) is 21.5. The highest BCUT2D eigenvalue weighted by molar-refractivity contribution is 9.09. The van der Waals surface area contributed by atoms with Gasteiger partial charge in [-0.15, -0.1) is 0 Å². The van der Waals surface area contributed by atoms with Gasteiger partial charge in [0.2, 0.25) is 0 Å². The third-order valence-corrected chi connectivity index (χ3v) is 6.99. The molecule has 0 aromatic carbocycles. The third-order valence-electron chi connectivity index (χ3n) is 6.43. The Morgan fingerprint density at radius 3 is 1.07 bits per heavy atom. The fourth-order valence-corrected chi connectivity index (χ4v) is 4.79. The Hall–Kier alpha value is 0.480. The molecular formula is C27H55Br. The molecule has 0 fully saturated rings. The Bertz CT molecular complexity index is 263. The minimum absolute atomic E-state index is 1.01. The summed E-state index contributed by atoms with van der Waals surface area (Å²) in [6, 6.07) is 0. The van der Waals surface area contributed by atoms with Gasteiger partial charge >= 0.3 is 0 Å². The number of alkyl halides is 1. The Kier molecular flexibility index (Phi) is 26.0. The molecule has 0 aromatic rings. The smallest absolute Gasteiger partial charge is 0.00314 e. The summed E-state index contributed by atoms with van der Waals surface area (Å²) in [6.45, 7) is 4.63. The van der Waals surface area contributed by atoms with Crippen molar-refractivity contribution < 1.29 is 0 Å². The molecule has 0 saturated carbocycles. The van der Waals surface area contributed by atoms with E-state index in [-0.39, 0.29) is 0 Å². The van der Waals surface area contributed by atoms with Crippen LogP contribution in [0.3, 0.4) is 0 Å². The Morgan fingerprint density at radius 1 is 0.393 bits per heavy atom. The molecule has 1 unspecified atom stereocenters. The monoisotopic (exact) mass is 458 g/mol. The van der Waals surface area contributed by atoms with E-state index in [1.807, 2.05) is 0 Å². The van der Waals surface area contributed by atoms with Crippen LogP contribution in [0.15, 0.2) is 0 Å². The summed E-state index contributed by atoms with van der Waals surface area (Å²) in [5.74, 6) is 1.01. The van der Waals surface area contributed by atoms with Gasteiger partial charge in [-0.1, -0.05) is 165 Å². The second-order valence-corrected chi connectivity index (χ2v) is 10.1. The van der Waals surface area contributed by atoms with Crippen molar-refractivity contribution in [3.05, 3.63) is 0 Å². The van der Waals surface area contributed by atoms with Crippen molar-refractivity contribution in [1.82, 2.24) is 0 Å². The quantitative estimate of drug-likeness (QED) is 0.0994. The van der Waals surface area contributed by atoms with Crippen LogP contribution in [0.2, 0.25) is 0 Å². The maximum absolute atomic E-state index is 3.61. The highest BCUT2D eigenvalue weighted by Gasteiger charge is 2.08. The van der Waals surface area contributed by atoms with Gasteiger partial charge < -0.3 is 0 Å². The number of hydrogen-bond donors (Lipinski definition) is 0. The first kappa shape index (κ1) is 28.5. The van der Waals surface area contributed by atoms with Crippen molar-refractivity contribution in [3.8, 4) is 0 Å². The number of unbranched alkanes of at least 4 members (excludes halogenated alkanes) is 17. The molecule has 0 bridgehead atoms. The lowest BCUT2D eigenvalue weighted by Crippen LogP contribution is -2.01. The molecule has 0 aromatic heterocycles. The van der Waals surface area contributed by atoms with Gasteiger partial charge in [-0.05, 0) is 18.8 Å². The van der Waals surface area contributed by atoms with Crippen LogP contribution in [0.1, 0.15) is 162 Å². The summed E-state index contributed by atoms with van der Waals surface area (Å²) in [6.07, 6.45) is 33.6. The summed E-state index contributed by atoms with van der Waals surface area (Å²) < 4.78 is 0. The molecule has 1 heteroatoms. The van der Waals surface area contributed by atoms with E-state index < -0.39 is 0 Å². The van der Waals surface area contributed by atoms with Gasteiger partial charge in [-0.25, -0.2) is 0 Å². The molecule has 0 amide bonds. The van der Waals surface area contributed by atoms with Crippen LogP contribution < -0.4 is 0 Å². The van der Waals surface area contributed by atoms with Gasteiger partial charge in [0.05, 0.1) is 0 Å². The first-order valence-electron chi connectivity index (χ1n) is 13.4. The van der Waals surface area contributed by atoms with Crippen LogP contribution in [0.5, 0.6) is 0 Å². The molecule has 0 aliphatic heterocycles. The van der Waals surface area contributed by atoms with E-state index in [1.54, 1.807) is 0 Å². The van der Waals surface area contributed by atoms with E-state index >= 15 is 0 Å². The van der Waals surface area contributed by atoms with E-state index in [9.17, 15) is 0 Å². The van der Waals surface area contributed by atoms with Crippen molar-refractivity contribution in [1.29, 1.82) is 0 Å². The lowest BCUT2D eigenvalue weighted by Gasteiger charge is -2.16. The van der Waals surface area contributed by atoms with Crippen molar-refractivity contribution in [2.75, 3.05) is 5.33 Å². The average Bonchev–Trinajstić information content (AvgIpc) is 2.71. The van der Waals surface area contributed by atoms with E-state index in [1.165, 1.54) is 153 Å². The average molecular weight is 460 g/mol. The summed E-state index contributed by atoms with van der Waals surface area (Å²) in [4.78, 5) is 0. The lowest BCUT2D eigenvalue weighted by molar-refractivity contribution is 0.381. The summed E-state index contributed by atoms with van der Waals surface area (Å²) >= 11 is 3.61. The molecule has 0 saturated heterocycles. The third kappa shape index (κ3) is 22.8. The summed E-state index contributed by atoms with van der Waals surface area (Å²) in [5, 5.41) is 1.19. The predicted octanol–water partition coefficient (Wildman–Crippen LogP) is 11.0. The van der Waals surface area contributed by atoms with Gasteiger partial charge in [0.15, 0.2) is 0 Å². The number of rotatable bonds is 24. The molecule has 0 aliphatic rings. The SMILES string of the molecule is CCCCCCCCCCCCCCCCCCC(CCCBr)CCCCC. The van der Waals surface area contributed by atoms with Crippen LogP contribution in [0, 0.1) is 5.92 Å². The molecule has 28 heavy (non-hydrogen) atoms. The molecule has 0 aliphatic carbocycles. The largest absolute Gasteiger partial charge is 0.0928 e. The molecule has 0 radical (unpaired) electrons. The van der Waals surface area contributed by atoms with Crippen LogP contribution >= 0.6 is 15.9 Å². The Labute approximate surface area is 188 Å². The van der Waals surface area contributed by atoms with Crippen LogP contribution in [0.4, 0.5) is 0 Å². The van der Waals surface area contributed by atoms with Crippen LogP contribution in [-0.4, -0.2) is 5.33 Å². The van der Waals surface area contributed by atoms with Gasteiger partial charge in [0.1, 0.15) is 0 Å². The number of hydrogen-bond acceptors (Lipinski definition) is 0.